The summed E-state index contributed by atoms with van der Waals surface area (Å²) in [6, 6.07) is 13.4. The van der Waals surface area contributed by atoms with Gasteiger partial charge >= 0.3 is 0 Å². The summed E-state index contributed by atoms with van der Waals surface area (Å²) in [5.74, 6) is -0.587. The number of carbonyl (C=O) groups excluding carboxylic acids is 2. The van der Waals surface area contributed by atoms with Gasteiger partial charge in [0, 0.05) is 12.1 Å². The molecule has 2 atom stereocenters. The number of nitrogens with zero attached hydrogens (tertiary/aromatic N) is 1. The summed E-state index contributed by atoms with van der Waals surface area (Å²) in [5.41, 5.74) is 3.69. The molecular formula is C23H29N3O5. The van der Waals surface area contributed by atoms with E-state index in [1.165, 1.54) is 25.2 Å². The molecular weight excluding hydrogens is 398 g/mol. The Labute approximate surface area is 181 Å². The summed E-state index contributed by atoms with van der Waals surface area (Å²) in [6.45, 7) is 5.28. The van der Waals surface area contributed by atoms with Crippen LogP contribution in [0.5, 0.6) is 5.75 Å². The number of aliphatic hydroxyl groups is 1. The van der Waals surface area contributed by atoms with E-state index in [9.17, 15) is 14.7 Å². The summed E-state index contributed by atoms with van der Waals surface area (Å²) in [6.07, 6.45) is 1.38. The van der Waals surface area contributed by atoms with E-state index >= 15 is 0 Å². The molecule has 31 heavy (non-hydrogen) atoms. The monoisotopic (exact) mass is 427 g/mol. The lowest BCUT2D eigenvalue weighted by Crippen LogP contribution is -2.51. The van der Waals surface area contributed by atoms with Crippen LogP contribution in [-0.2, 0) is 4.79 Å². The van der Waals surface area contributed by atoms with Crippen molar-refractivity contribution in [2.24, 2.45) is 0 Å². The van der Waals surface area contributed by atoms with Crippen molar-refractivity contribution < 1.29 is 24.6 Å². The van der Waals surface area contributed by atoms with Crippen molar-refractivity contribution in [3.8, 4) is 16.9 Å². The number of aliphatic hydroxyl groups excluding tert-OH is 1. The lowest BCUT2D eigenvalue weighted by molar-refractivity contribution is -0.133. The van der Waals surface area contributed by atoms with E-state index in [1.807, 2.05) is 36.4 Å². The summed E-state index contributed by atoms with van der Waals surface area (Å²) in [5, 5.41) is 20.8. The molecule has 0 spiro atoms. The van der Waals surface area contributed by atoms with Crippen molar-refractivity contribution in [3.63, 3.8) is 0 Å². The maximum Gasteiger partial charge on any atom is 0.268 e. The number of likely N-dealkylation sites (tertiary alicyclic amines) is 1. The van der Waals surface area contributed by atoms with Crippen molar-refractivity contribution in [1.29, 1.82) is 0 Å². The molecule has 3 rings (SSSR count). The van der Waals surface area contributed by atoms with Crippen LogP contribution in [0.25, 0.3) is 11.1 Å². The third kappa shape index (κ3) is 6.27. The van der Waals surface area contributed by atoms with Crippen LogP contribution < -0.4 is 15.5 Å². The standard InChI is InChI=1S/C23H29N3O5/c1-16(27)21(23(29)25-30)24-22(28)19-6-4-17(5-7-19)18-8-10-20(11-9-18)31-15-14-26-12-2-3-13-26/h4-11,16,21,27,30H,2-3,12-15H2,1H3,(H,24,28)(H,25,29)/t16-,21+/m1/s1. The van der Waals surface area contributed by atoms with E-state index in [-0.39, 0.29) is 0 Å². The Kier molecular flexibility index (Phi) is 8.00. The van der Waals surface area contributed by atoms with Gasteiger partial charge in [0.15, 0.2) is 0 Å². The number of hydroxylamine groups is 1. The summed E-state index contributed by atoms with van der Waals surface area (Å²) in [4.78, 5) is 26.3. The Morgan fingerprint density at radius 1 is 1.03 bits per heavy atom. The first-order valence-electron chi connectivity index (χ1n) is 10.5. The average Bonchev–Trinajstić information content (AvgIpc) is 3.31. The van der Waals surface area contributed by atoms with Crippen molar-refractivity contribution in [1.82, 2.24) is 15.7 Å². The second kappa shape index (κ2) is 10.9. The number of carbonyl (C=O) groups is 2. The van der Waals surface area contributed by atoms with Crippen LogP contribution in [0.15, 0.2) is 48.5 Å². The summed E-state index contributed by atoms with van der Waals surface area (Å²) < 4.78 is 5.83. The predicted octanol–water partition coefficient (Wildman–Crippen LogP) is 1.81. The van der Waals surface area contributed by atoms with Gasteiger partial charge in [0.2, 0.25) is 0 Å². The second-order valence-corrected chi connectivity index (χ2v) is 7.67. The molecule has 2 aromatic rings. The predicted molar refractivity (Wildman–Crippen MR) is 116 cm³/mol. The summed E-state index contributed by atoms with van der Waals surface area (Å²) in [7, 11) is 0. The lowest BCUT2D eigenvalue weighted by atomic mass is 10.0. The van der Waals surface area contributed by atoms with Crippen LogP contribution in [0.3, 0.4) is 0 Å². The van der Waals surface area contributed by atoms with Gasteiger partial charge in [-0.15, -0.1) is 0 Å². The number of nitrogens with one attached hydrogen (secondary N) is 2. The molecule has 0 radical (unpaired) electrons. The molecule has 4 N–H and O–H groups in total. The van der Waals surface area contributed by atoms with E-state index in [1.54, 1.807) is 12.1 Å². The molecule has 8 heteroatoms. The minimum Gasteiger partial charge on any atom is -0.492 e. The molecule has 1 aliphatic rings. The largest absolute Gasteiger partial charge is 0.492 e. The fraction of sp³-hybridized carbons (Fsp3) is 0.391. The van der Waals surface area contributed by atoms with Gasteiger partial charge in [0.05, 0.1) is 6.10 Å². The molecule has 1 saturated heterocycles. The molecule has 166 valence electrons. The van der Waals surface area contributed by atoms with Gasteiger partial charge in [0.25, 0.3) is 11.8 Å². The highest BCUT2D eigenvalue weighted by atomic mass is 16.5. The van der Waals surface area contributed by atoms with Gasteiger partial charge in [-0.25, -0.2) is 5.48 Å². The number of ether oxygens (including phenoxy) is 1. The molecule has 0 unspecified atom stereocenters. The summed E-state index contributed by atoms with van der Waals surface area (Å²) >= 11 is 0. The van der Waals surface area contributed by atoms with Crippen molar-refractivity contribution in [2.45, 2.75) is 31.9 Å². The molecule has 2 amide bonds. The maximum atomic E-state index is 12.4. The maximum absolute atomic E-state index is 12.4. The fourth-order valence-electron chi connectivity index (χ4n) is 3.56. The van der Waals surface area contributed by atoms with Gasteiger partial charge in [-0.1, -0.05) is 24.3 Å². The topological polar surface area (TPSA) is 111 Å². The Morgan fingerprint density at radius 2 is 1.61 bits per heavy atom. The zero-order valence-electron chi connectivity index (χ0n) is 17.6. The SMILES string of the molecule is C[C@@H](O)[C@H](NC(=O)c1ccc(-c2ccc(OCCN3CCCC3)cc2)cc1)C(=O)NO. The minimum atomic E-state index is -1.25. The number of rotatable bonds is 9. The Hall–Kier alpha value is -2.94. The zero-order valence-corrected chi connectivity index (χ0v) is 17.6. The third-order valence-corrected chi connectivity index (χ3v) is 5.37. The van der Waals surface area contributed by atoms with Crippen LogP contribution in [0.2, 0.25) is 0 Å². The van der Waals surface area contributed by atoms with Gasteiger partial charge < -0.3 is 15.2 Å². The van der Waals surface area contributed by atoms with Gasteiger partial charge in [-0.2, -0.15) is 0 Å². The van der Waals surface area contributed by atoms with Crippen LogP contribution in [0.1, 0.15) is 30.1 Å². The van der Waals surface area contributed by atoms with Gasteiger partial charge in [-0.3, -0.25) is 19.7 Å². The lowest BCUT2D eigenvalue weighted by Gasteiger charge is -2.19. The Bertz CT molecular complexity index is 862. The quantitative estimate of drug-likeness (QED) is 0.359. The van der Waals surface area contributed by atoms with E-state index in [4.69, 9.17) is 9.94 Å². The Morgan fingerprint density at radius 3 is 2.16 bits per heavy atom. The zero-order chi connectivity index (χ0) is 22.2. The van der Waals surface area contributed by atoms with Gasteiger partial charge in [-0.05, 0) is 68.2 Å². The molecule has 1 heterocycles. The second-order valence-electron chi connectivity index (χ2n) is 7.67. The first-order valence-corrected chi connectivity index (χ1v) is 10.5. The molecule has 0 aliphatic carbocycles. The first-order chi connectivity index (χ1) is 15.0. The molecule has 0 saturated carbocycles. The minimum absolute atomic E-state index is 0.335. The van der Waals surface area contributed by atoms with Crippen LogP contribution >= 0.6 is 0 Å². The molecule has 2 aromatic carbocycles. The van der Waals surface area contributed by atoms with Gasteiger partial charge in [0.1, 0.15) is 18.4 Å². The molecule has 0 aromatic heterocycles. The fourth-order valence-corrected chi connectivity index (χ4v) is 3.56. The highest BCUT2D eigenvalue weighted by molar-refractivity contribution is 5.97. The van der Waals surface area contributed by atoms with E-state index < -0.39 is 24.0 Å². The number of hydrogen-bond donors (Lipinski definition) is 4. The first kappa shape index (κ1) is 22.7. The highest BCUT2D eigenvalue weighted by Gasteiger charge is 2.25. The molecule has 1 fully saturated rings. The van der Waals surface area contributed by atoms with Crippen LogP contribution in [0, 0.1) is 0 Å². The van der Waals surface area contributed by atoms with E-state index in [2.05, 4.69) is 10.2 Å². The van der Waals surface area contributed by atoms with Crippen LogP contribution in [-0.4, -0.2) is 65.4 Å². The van der Waals surface area contributed by atoms with Crippen molar-refractivity contribution in [3.05, 3.63) is 54.1 Å². The number of amides is 2. The van der Waals surface area contributed by atoms with E-state index in [0.717, 1.165) is 36.5 Å². The van der Waals surface area contributed by atoms with Crippen molar-refractivity contribution in [2.75, 3.05) is 26.2 Å². The number of benzene rings is 2. The van der Waals surface area contributed by atoms with Crippen molar-refractivity contribution >= 4 is 11.8 Å². The smallest absolute Gasteiger partial charge is 0.268 e. The average molecular weight is 428 g/mol. The third-order valence-electron chi connectivity index (χ3n) is 5.37. The number of hydrogen-bond acceptors (Lipinski definition) is 6. The molecule has 1 aliphatic heterocycles. The highest BCUT2D eigenvalue weighted by Crippen LogP contribution is 2.23. The molecule has 8 nitrogen and oxygen atoms in total. The normalized spacial score (nSPS) is 15.8. The molecule has 0 bridgehead atoms. The van der Waals surface area contributed by atoms with Crippen LogP contribution in [0.4, 0.5) is 0 Å². The van der Waals surface area contributed by atoms with E-state index in [0.29, 0.717) is 12.2 Å². The Balaban J connectivity index is 1.56.